The Balaban J connectivity index is 2.75. The van der Waals surface area contributed by atoms with Crippen LogP contribution in [0.1, 0.15) is 10.4 Å². The van der Waals surface area contributed by atoms with Crippen molar-refractivity contribution in [2.75, 3.05) is 7.11 Å². The maximum atomic E-state index is 11.2. The second-order valence-corrected chi connectivity index (χ2v) is 5.48. The quantitative estimate of drug-likeness (QED) is 0.398. The van der Waals surface area contributed by atoms with Crippen molar-refractivity contribution in [2.45, 2.75) is 0 Å². The normalized spacial score (nSPS) is 10.4. The zero-order valence-corrected chi connectivity index (χ0v) is 13.2. The summed E-state index contributed by atoms with van der Waals surface area (Å²) in [6, 6.07) is 6.49. The number of rotatable bonds is 3. The lowest BCUT2D eigenvalue weighted by Gasteiger charge is -2.13. The van der Waals surface area contributed by atoms with Crippen molar-refractivity contribution in [1.29, 1.82) is 0 Å². The first kappa shape index (κ1) is 15.5. The second kappa shape index (κ2) is 6.23. The van der Waals surface area contributed by atoms with E-state index in [1.54, 1.807) is 18.2 Å². The highest BCUT2D eigenvalue weighted by molar-refractivity contribution is 6.51. The molecular formula is C14H8Cl4O2. The molecule has 0 aromatic heterocycles. The van der Waals surface area contributed by atoms with Crippen LogP contribution in [0.4, 0.5) is 0 Å². The number of benzene rings is 2. The van der Waals surface area contributed by atoms with E-state index in [1.165, 1.54) is 13.2 Å². The molecule has 0 saturated heterocycles. The molecule has 0 unspecified atom stereocenters. The van der Waals surface area contributed by atoms with Crippen LogP contribution in [0.5, 0.6) is 5.75 Å². The lowest BCUT2D eigenvalue weighted by molar-refractivity contribution is 0.112. The van der Waals surface area contributed by atoms with E-state index < -0.39 is 0 Å². The molecule has 0 spiro atoms. The minimum atomic E-state index is 0.195. The number of hydrogen-bond donors (Lipinski definition) is 0. The Kier molecular flexibility index (Phi) is 4.82. The molecule has 0 saturated carbocycles. The fourth-order valence-corrected chi connectivity index (χ4v) is 2.92. The van der Waals surface area contributed by atoms with Crippen molar-refractivity contribution in [3.63, 3.8) is 0 Å². The Morgan fingerprint density at radius 3 is 2.30 bits per heavy atom. The monoisotopic (exact) mass is 348 g/mol. The number of carbonyl (C=O) groups is 1. The Hall–Kier alpha value is -0.930. The third kappa shape index (κ3) is 2.75. The zero-order chi connectivity index (χ0) is 14.9. The highest BCUT2D eigenvalue weighted by Crippen LogP contribution is 2.44. The van der Waals surface area contributed by atoms with Crippen LogP contribution in [-0.2, 0) is 0 Å². The summed E-state index contributed by atoms with van der Waals surface area (Å²) in [6.45, 7) is 0. The molecular weight excluding hydrogens is 342 g/mol. The molecule has 0 aliphatic rings. The molecule has 0 heterocycles. The van der Waals surface area contributed by atoms with Crippen LogP contribution in [0.25, 0.3) is 11.1 Å². The smallest absolute Gasteiger partial charge is 0.150 e. The van der Waals surface area contributed by atoms with E-state index >= 15 is 0 Å². The lowest BCUT2D eigenvalue weighted by Crippen LogP contribution is -1.93. The molecule has 0 atom stereocenters. The molecule has 2 aromatic rings. The molecule has 6 heteroatoms. The van der Waals surface area contributed by atoms with Gasteiger partial charge in [-0.05, 0) is 29.8 Å². The van der Waals surface area contributed by atoms with E-state index in [9.17, 15) is 4.79 Å². The summed E-state index contributed by atoms with van der Waals surface area (Å²) in [5.74, 6) is 0.558. The van der Waals surface area contributed by atoms with Gasteiger partial charge in [-0.2, -0.15) is 0 Å². The van der Waals surface area contributed by atoms with E-state index in [1.807, 2.05) is 0 Å². The summed E-state index contributed by atoms with van der Waals surface area (Å²) < 4.78 is 5.08. The standard InChI is InChI=1S/C14H8Cl4O2/c1-20-8-2-3-9(7(4-8)6-19)12-10(15)5-11(16)13(17)14(12)18/h2-6H,1H3. The van der Waals surface area contributed by atoms with Crippen LogP contribution in [-0.4, -0.2) is 13.4 Å². The molecule has 0 bridgehead atoms. The molecule has 0 radical (unpaired) electrons. The van der Waals surface area contributed by atoms with Gasteiger partial charge in [0.2, 0.25) is 0 Å². The van der Waals surface area contributed by atoms with Crippen LogP contribution in [0.2, 0.25) is 20.1 Å². The van der Waals surface area contributed by atoms with Gasteiger partial charge in [-0.1, -0.05) is 46.4 Å². The first-order chi connectivity index (χ1) is 9.49. The average molecular weight is 350 g/mol. The van der Waals surface area contributed by atoms with Crippen molar-refractivity contribution < 1.29 is 9.53 Å². The Labute approximate surface area is 136 Å². The van der Waals surface area contributed by atoms with Crippen molar-refractivity contribution in [1.82, 2.24) is 0 Å². The Bertz CT molecular complexity index is 683. The molecule has 0 fully saturated rings. The predicted octanol–water partition coefficient (Wildman–Crippen LogP) is 5.79. The van der Waals surface area contributed by atoms with Gasteiger partial charge in [-0.25, -0.2) is 0 Å². The number of halogens is 4. The largest absolute Gasteiger partial charge is 0.497 e. The van der Waals surface area contributed by atoms with Crippen LogP contribution in [0, 0.1) is 0 Å². The van der Waals surface area contributed by atoms with Gasteiger partial charge in [-0.15, -0.1) is 0 Å². The molecule has 0 aliphatic carbocycles. The fraction of sp³-hybridized carbons (Fsp3) is 0.0714. The minimum Gasteiger partial charge on any atom is -0.497 e. The van der Waals surface area contributed by atoms with E-state index in [0.29, 0.717) is 33.7 Å². The van der Waals surface area contributed by atoms with Crippen LogP contribution >= 0.6 is 46.4 Å². The highest BCUT2D eigenvalue weighted by atomic mass is 35.5. The molecule has 0 N–H and O–H groups in total. The topological polar surface area (TPSA) is 26.3 Å². The summed E-state index contributed by atoms with van der Waals surface area (Å²) in [7, 11) is 1.52. The number of ether oxygens (including phenoxy) is 1. The molecule has 20 heavy (non-hydrogen) atoms. The maximum absolute atomic E-state index is 11.2. The average Bonchev–Trinajstić information content (AvgIpc) is 2.45. The fourth-order valence-electron chi connectivity index (χ4n) is 1.81. The maximum Gasteiger partial charge on any atom is 0.150 e. The first-order valence-electron chi connectivity index (χ1n) is 5.46. The summed E-state index contributed by atoms with van der Waals surface area (Å²) in [5.41, 5.74) is 1.42. The number of methoxy groups -OCH3 is 1. The van der Waals surface area contributed by atoms with E-state index in [-0.39, 0.29) is 15.1 Å². The van der Waals surface area contributed by atoms with Crippen LogP contribution < -0.4 is 4.74 Å². The Morgan fingerprint density at radius 1 is 1.00 bits per heavy atom. The zero-order valence-electron chi connectivity index (χ0n) is 10.2. The van der Waals surface area contributed by atoms with Gasteiger partial charge in [0.05, 0.1) is 27.2 Å². The van der Waals surface area contributed by atoms with Crippen molar-refractivity contribution in [3.05, 3.63) is 49.9 Å². The third-order valence-electron chi connectivity index (χ3n) is 2.77. The third-order valence-corrected chi connectivity index (χ3v) is 4.33. The first-order valence-corrected chi connectivity index (χ1v) is 6.97. The lowest BCUT2D eigenvalue weighted by atomic mass is 10.00. The van der Waals surface area contributed by atoms with Crippen molar-refractivity contribution >= 4 is 52.7 Å². The molecule has 2 nitrogen and oxygen atoms in total. The van der Waals surface area contributed by atoms with Crippen molar-refractivity contribution in [3.8, 4) is 16.9 Å². The van der Waals surface area contributed by atoms with Gasteiger partial charge < -0.3 is 4.74 Å². The number of aldehydes is 1. The van der Waals surface area contributed by atoms with Gasteiger partial charge in [0.25, 0.3) is 0 Å². The highest BCUT2D eigenvalue weighted by Gasteiger charge is 2.18. The van der Waals surface area contributed by atoms with Gasteiger partial charge in [0.15, 0.2) is 6.29 Å². The Morgan fingerprint density at radius 2 is 1.70 bits per heavy atom. The van der Waals surface area contributed by atoms with Crippen LogP contribution in [0.15, 0.2) is 24.3 Å². The predicted molar refractivity (Wildman–Crippen MR) is 83.9 cm³/mol. The van der Waals surface area contributed by atoms with E-state index in [4.69, 9.17) is 51.1 Å². The number of carbonyl (C=O) groups excluding carboxylic acids is 1. The van der Waals surface area contributed by atoms with E-state index in [0.717, 1.165) is 0 Å². The second-order valence-electron chi connectivity index (χ2n) is 3.91. The minimum absolute atomic E-state index is 0.195. The van der Waals surface area contributed by atoms with Gasteiger partial charge in [0.1, 0.15) is 5.75 Å². The van der Waals surface area contributed by atoms with Gasteiger partial charge in [-0.3, -0.25) is 4.79 Å². The molecule has 2 aromatic carbocycles. The van der Waals surface area contributed by atoms with Gasteiger partial charge >= 0.3 is 0 Å². The number of hydrogen-bond acceptors (Lipinski definition) is 2. The van der Waals surface area contributed by atoms with Crippen LogP contribution in [0.3, 0.4) is 0 Å². The van der Waals surface area contributed by atoms with Gasteiger partial charge in [0, 0.05) is 11.1 Å². The summed E-state index contributed by atoms with van der Waals surface area (Å²) in [6.07, 6.45) is 0.701. The summed E-state index contributed by atoms with van der Waals surface area (Å²) in [4.78, 5) is 11.2. The molecule has 2 rings (SSSR count). The molecule has 0 amide bonds. The SMILES string of the molecule is COc1ccc(-c2c(Cl)cc(Cl)c(Cl)c2Cl)c(C=O)c1. The summed E-state index contributed by atoms with van der Waals surface area (Å²) in [5, 5.41) is 0.974. The molecule has 104 valence electrons. The molecule has 0 aliphatic heterocycles. The van der Waals surface area contributed by atoms with E-state index in [2.05, 4.69) is 0 Å². The van der Waals surface area contributed by atoms with Crippen molar-refractivity contribution in [2.24, 2.45) is 0 Å². The summed E-state index contributed by atoms with van der Waals surface area (Å²) >= 11 is 24.3.